The second-order valence-electron chi connectivity index (χ2n) is 8.38. The fraction of sp³-hybridized carbons (Fsp3) is 0.296. The molecular weight excluding hydrogens is 382 g/mol. The Balaban J connectivity index is 1.41. The Morgan fingerprint density at radius 3 is 2.19 bits per heavy atom. The van der Waals surface area contributed by atoms with E-state index in [0.29, 0.717) is 6.54 Å². The molecule has 1 heterocycles. The lowest BCUT2D eigenvalue weighted by Crippen LogP contribution is -2.32. The molecule has 0 aromatic heterocycles. The number of hydrogen-bond donors (Lipinski definition) is 2. The normalized spacial score (nSPS) is 15.0. The topological polar surface area (TPSA) is 44.4 Å². The molecule has 4 rings (SSSR count). The number of anilines is 1. The van der Waals surface area contributed by atoms with Crippen LogP contribution in [0.2, 0.25) is 0 Å². The van der Waals surface area contributed by atoms with Gasteiger partial charge in [0.25, 0.3) is 0 Å². The molecule has 2 N–H and O–H groups in total. The van der Waals surface area contributed by atoms with Crippen LogP contribution in [-0.2, 0) is 17.9 Å². The minimum absolute atomic E-state index is 0.0549. The van der Waals surface area contributed by atoms with E-state index in [1.807, 2.05) is 61.5 Å². The van der Waals surface area contributed by atoms with Crippen molar-refractivity contribution in [2.45, 2.75) is 38.9 Å². The van der Waals surface area contributed by atoms with E-state index in [-0.39, 0.29) is 5.91 Å². The number of benzene rings is 3. The zero-order chi connectivity index (χ0) is 21.5. The summed E-state index contributed by atoms with van der Waals surface area (Å²) in [6.07, 6.45) is 2.63. The number of nitrogens with zero attached hydrogens (tertiary/aromatic N) is 1. The minimum Gasteiger partial charge on any atom is -0.324 e. The third kappa shape index (κ3) is 6.03. The van der Waals surface area contributed by atoms with Crippen molar-refractivity contribution in [2.75, 3.05) is 18.4 Å². The third-order valence-electron chi connectivity index (χ3n) is 5.85. The van der Waals surface area contributed by atoms with Crippen molar-refractivity contribution in [3.8, 4) is 0 Å². The summed E-state index contributed by atoms with van der Waals surface area (Å²) in [5.74, 6) is -0.0549. The van der Waals surface area contributed by atoms with Crippen molar-refractivity contribution in [1.82, 2.24) is 10.2 Å². The molecule has 160 valence electrons. The van der Waals surface area contributed by atoms with Crippen molar-refractivity contribution in [3.63, 3.8) is 0 Å². The van der Waals surface area contributed by atoms with E-state index in [1.165, 1.54) is 42.6 Å². The van der Waals surface area contributed by atoms with E-state index < -0.39 is 6.04 Å². The van der Waals surface area contributed by atoms with E-state index in [0.717, 1.165) is 17.8 Å². The van der Waals surface area contributed by atoms with Gasteiger partial charge in [-0.05, 0) is 61.7 Å². The SMILES string of the molecule is Cc1ccc(NC(=O)[C@H](NCc2ccc(CN3CCCC3)cc2)c2ccccc2)cc1. The number of carbonyl (C=O) groups is 1. The number of likely N-dealkylation sites (tertiary alicyclic amines) is 1. The molecule has 1 fully saturated rings. The maximum absolute atomic E-state index is 13.1. The molecule has 1 amide bonds. The molecule has 0 bridgehead atoms. The van der Waals surface area contributed by atoms with Gasteiger partial charge in [-0.1, -0.05) is 72.3 Å². The van der Waals surface area contributed by atoms with Gasteiger partial charge < -0.3 is 5.32 Å². The van der Waals surface area contributed by atoms with E-state index in [1.54, 1.807) is 0 Å². The molecule has 3 aromatic carbocycles. The average molecular weight is 414 g/mol. The summed E-state index contributed by atoms with van der Waals surface area (Å²) in [6.45, 7) is 6.11. The first-order valence-corrected chi connectivity index (χ1v) is 11.1. The van der Waals surface area contributed by atoms with Gasteiger partial charge >= 0.3 is 0 Å². The lowest BCUT2D eigenvalue weighted by atomic mass is 10.0. The van der Waals surface area contributed by atoms with Gasteiger partial charge in [0.15, 0.2) is 0 Å². The Labute approximate surface area is 185 Å². The number of aryl methyl sites for hydroxylation is 1. The van der Waals surface area contributed by atoms with Crippen molar-refractivity contribution < 1.29 is 4.79 Å². The summed E-state index contributed by atoms with van der Waals surface area (Å²) in [4.78, 5) is 15.6. The quantitative estimate of drug-likeness (QED) is 0.542. The summed E-state index contributed by atoms with van der Waals surface area (Å²) >= 11 is 0. The van der Waals surface area contributed by atoms with Crippen LogP contribution in [0.5, 0.6) is 0 Å². The summed E-state index contributed by atoms with van der Waals surface area (Å²) < 4.78 is 0. The molecule has 0 radical (unpaired) electrons. The van der Waals surface area contributed by atoms with Crippen LogP contribution in [0.15, 0.2) is 78.9 Å². The summed E-state index contributed by atoms with van der Waals surface area (Å²) in [6, 6.07) is 26.1. The fourth-order valence-corrected chi connectivity index (χ4v) is 4.04. The molecule has 0 aliphatic carbocycles. The van der Waals surface area contributed by atoms with Crippen LogP contribution in [0.25, 0.3) is 0 Å². The monoisotopic (exact) mass is 413 g/mol. The Hall–Kier alpha value is -2.95. The maximum Gasteiger partial charge on any atom is 0.246 e. The molecule has 0 spiro atoms. The van der Waals surface area contributed by atoms with Gasteiger partial charge in [0, 0.05) is 18.8 Å². The zero-order valence-corrected chi connectivity index (χ0v) is 18.2. The van der Waals surface area contributed by atoms with Crippen LogP contribution in [0.1, 0.15) is 41.1 Å². The molecule has 3 aromatic rings. The average Bonchev–Trinajstić information content (AvgIpc) is 3.30. The Morgan fingerprint density at radius 2 is 1.52 bits per heavy atom. The van der Waals surface area contributed by atoms with Crippen LogP contribution >= 0.6 is 0 Å². The second kappa shape index (κ2) is 10.4. The standard InChI is InChI=1S/C27H31N3O/c1-21-9-15-25(16-10-21)29-27(31)26(24-7-3-2-4-8-24)28-19-22-11-13-23(14-12-22)20-30-17-5-6-18-30/h2-4,7-16,26,28H,5-6,17-20H2,1H3,(H,29,31)/t26-/m1/s1. The van der Waals surface area contributed by atoms with E-state index in [9.17, 15) is 4.79 Å². The number of hydrogen-bond acceptors (Lipinski definition) is 3. The highest BCUT2D eigenvalue weighted by Gasteiger charge is 2.20. The zero-order valence-electron chi connectivity index (χ0n) is 18.2. The highest BCUT2D eigenvalue weighted by Crippen LogP contribution is 2.18. The molecule has 4 heteroatoms. The first kappa shape index (κ1) is 21.3. The highest BCUT2D eigenvalue weighted by molar-refractivity contribution is 5.95. The van der Waals surface area contributed by atoms with Crippen molar-refractivity contribution in [3.05, 3.63) is 101 Å². The predicted octanol–water partition coefficient (Wildman–Crippen LogP) is 5.06. The fourth-order valence-electron chi connectivity index (χ4n) is 4.04. The van der Waals surface area contributed by atoms with E-state index >= 15 is 0 Å². The van der Waals surface area contributed by atoms with E-state index in [2.05, 4.69) is 39.8 Å². The first-order valence-electron chi connectivity index (χ1n) is 11.1. The van der Waals surface area contributed by atoms with Gasteiger partial charge in [-0.2, -0.15) is 0 Å². The number of amides is 1. The summed E-state index contributed by atoms with van der Waals surface area (Å²) in [5, 5.41) is 6.50. The molecule has 1 atom stereocenters. The molecule has 1 saturated heterocycles. The second-order valence-corrected chi connectivity index (χ2v) is 8.38. The Kier molecular flexibility index (Phi) is 7.13. The van der Waals surface area contributed by atoms with Gasteiger partial charge in [-0.25, -0.2) is 0 Å². The van der Waals surface area contributed by atoms with Crippen molar-refractivity contribution in [2.24, 2.45) is 0 Å². The third-order valence-corrected chi connectivity index (χ3v) is 5.85. The number of carbonyl (C=O) groups excluding carboxylic acids is 1. The summed E-state index contributed by atoms with van der Waals surface area (Å²) in [7, 11) is 0. The Morgan fingerprint density at radius 1 is 0.871 bits per heavy atom. The van der Waals surface area contributed by atoms with Crippen molar-refractivity contribution in [1.29, 1.82) is 0 Å². The van der Waals surface area contributed by atoms with Crippen LogP contribution < -0.4 is 10.6 Å². The highest BCUT2D eigenvalue weighted by atomic mass is 16.2. The van der Waals surface area contributed by atoms with Crippen LogP contribution in [0, 0.1) is 6.92 Å². The molecule has 1 aliphatic rings. The summed E-state index contributed by atoms with van der Waals surface area (Å²) in [5.41, 5.74) is 5.46. The van der Waals surface area contributed by atoms with Gasteiger partial charge in [-0.3, -0.25) is 15.0 Å². The van der Waals surface area contributed by atoms with Gasteiger partial charge in [-0.15, -0.1) is 0 Å². The predicted molar refractivity (Wildman–Crippen MR) is 127 cm³/mol. The van der Waals surface area contributed by atoms with Crippen LogP contribution in [-0.4, -0.2) is 23.9 Å². The smallest absolute Gasteiger partial charge is 0.246 e. The first-order chi connectivity index (χ1) is 15.2. The largest absolute Gasteiger partial charge is 0.324 e. The lowest BCUT2D eigenvalue weighted by Gasteiger charge is -2.19. The maximum atomic E-state index is 13.1. The Bertz CT molecular complexity index is 962. The van der Waals surface area contributed by atoms with Crippen molar-refractivity contribution >= 4 is 11.6 Å². The van der Waals surface area contributed by atoms with Gasteiger partial charge in [0.05, 0.1) is 0 Å². The van der Waals surface area contributed by atoms with Crippen LogP contribution in [0.4, 0.5) is 5.69 Å². The number of rotatable bonds is 8. The molecular formula is C27H31N3O. The molecule has 0 unspecified atom stereocenters. The lowest BCUT2D eigenvalue weighted by molar-refractivity contribution is -0.118. The minimum atomic E-state index is -0.424. The van der Waals surface area contributed by atoms with Gasteiger partial charge in [0.1, 0.15) is 6.04 Å². The van der Waals surface area contributed by atoms with Gasteiger partial charge in [0.2, 0.25) is 5.91 Å². The molecule has 0 saturated carbocycles. The van der Waals surface area contributed by atoms with Crippen LogP contribution in [0.3, 0.4) is 0 Å². The molecule has 4 nitrogen and oxygen atoms in total. The number of nitrogens with one attached hydrogen (secondary N) is 2. The molecule has 31 heavy (non-hydrogen) atoms. The molecule has 1 aliphatic heterocycles. The van der Waals surface area contributed by atoms with E-state index in [4.69, 9.17) is 0 Å².